The zero-order valence-electron chi connectivity index (χ0n) is 12.4. The average molecular weight is 293 g/mol. The van der Waals surface area contributed by atoms with E-state index in [1.165, 1.54) is 0 Å². The molecule has 0 aromatic heterocycles. The van der Waals surface area contributed by atoms with E-state index in [2.05, 4.69) is 4.98 Å². The van der Waals surface area contributed by atoms with Crippen LogP contribution < -0.4 is 14.7 Å². The first-order valence-corrected chi connectivity index (χ1v) is 7.13. The molecule has 0 saturated carbocycles. The predicted molar refractivity (Wildman–Crippen MR) is 86.4 cm³/mol. The summed E-state index contributed by atoms with van der Waals surface area (Å²) in [6.07, 6.45) is 7.80. The summed E-state index contributed by atoms with van der Waals surface area (Å²) in [5, 5.41) is 3.11. The summed E-state index contributed by atoms with van der Waals surface area (Å²) in [7, 11) is 3.28. The summed E-state index contributed by atoms with van der Waals surface area (Å²) in [6, 6.07) is 4.00. The lowest BCUT2D eigenvalue weighted by atomic mass is 10.0. The number of ketones is 1. The summed E-state index contributed by atoms with van der Waals surface area (Å²) < 4.78 is 11.1. The molecule has 4 heteroatoms. The number of carbonyl (C=O) groups is 1. The molecular weight excluding hydrogens is 278 g/mol. The molecule has 1 N–H and O–H groups in total. The van der Waals surface area contributed by atoms with Crippen LogP contribution in [0.5, 0.6) is 11.5 Å². The van der Waals surface area contributed by atoms with E-state index < -0.39 is 0 Å². The number of methoxy groups -OCH3 is 2. The highest BCUT2D eigenvalue weighted by Gasteiger charge is 2.24. The second-order valence-corrected chi connectivity index (χ2v) is 5.34. The molecule has 1 aromatic rings. The first-order chi connectivity index (χ1) is 10.7. The highest BCUT2D eigenvalue weighted by molar-refractivity contribution is 6.09. The van der Waals surface area contributed by atoms with Crippen LogP contribution in [0, 0.1) is 0 Å². The summed E-state index contributed by atoms with van der Waals surface area (Å²) in [5.41, 5.74) is 3.16. The average Bonchev–Trinajstić information content (AvgIpc) is 2.72. The molecule has 1 aliphatic heterocycles. The van der Waals surface area contributed by atoms with E-state index in [0.717, 1.165) is 32.8 Å². The minimum atomic E-state index is 0.102. The van der Waals surface area contributed by atoms with Gasteiger partial charge in [-0.3, -0.25) is 4.79 Å². The van der Waals surface area contributed by atoms with Gasteiger partial charge in [0.2, 0.25) is 0 Å². The summed E-state index contributed by atoms with van der Waals surface area (Å²) in [6.45, 7) is 0. The minimum Gasteiger partial charge on any atom is -0.493 e. The van der Waals surface area contributed by atoms with E-state index in [-0.39, 0.29) is 5.78 Å². The topological polar surface area (TPSA) is 51.3 Å². The lowest BCUT2D eigenvalue weighted by Gasteiger charge is -2.13. The van der Waals surface area contributed by atoms with Crippen molar-refractivity contribution in [1.82, 2.24) is 4.98 Å². The Morgan fingerprint density at radius 1 is 1.18 bits per heavy atom. The molecule has 110 valence electrons. The van der Waals surface area contributed by atoms with Crippen molar-refractivity contribution in [1.29, 1.82) is 0 Å². The monoisotopic (exact) mass is 293 g/mol. The lowest BCUT2D eigenvalue weighted by molar-refractivity contribution is -0.113. The molecule has 4 rings (SSSR count). The van der Waals surface area contributed by atoms with Gasteiger partial charge < -0.3 is 14.5 Å². The van der Waals surface area contributed by atoms with Crippen LogP contribution in [-0.4, -0.2) is 25.0 Å². The van der Waals surface area contributed by atoms with E-state index in [9.17, 15) is 4.79 Å². The second-order valence-electron chi connectivity index (χ2n) is 5.34. The van der Waals surface area contributed by atoms with E-state index >= 15 is 0 Å². The molecular formula is C18H15NO3. The van der Waals surface area contributed by atoms with Crippen LogP contribution in [0.2, 0.25) is 0 Å². The SMILES string of the molecule is COc1cc2cc[nH]c3c4c(c(c1OC)c2-3)=CCC(=O)C=C4. The van der Waals surface area contributed by atoms with Crippen molar-refractivity contribution >= 4 is 28.7 Å². The van der Waals surface area contributed by atoms with Crippen molar-refractivity contribution in [2.45, 2.75) is 6.42 Å². The van der Waals surface area contributed by atoms with Crippen LogP contribution in [0.3, 0.4) is 0 Å². The number of hydrogen-bond donors (Lipinski definition) is 1. The third-order valence-corrected chi connectivity index (χ3v) is 4.21. The molecule has 0 amide bonds. The minimum absolute atomic E-state index is 0.102. The maximum Gasteiger partial charge on any atom is 0.169 e. The van der Waals surface area contributed by atoms with Crippen LogP contribution in [0.4, 0.5) is 0 Å². The summed E-state index contributed by atoms with van der Waals surface area (Å²) in [4.78, 5) is 15.0. The standard InChI is InChI=1S/C18H15NO3/c1-21-14-9-10-7-8-19-17-13-6-4-11(20)3-5-12(13)16(15(10)17)18(14)22-2/h4-9,19H,3H2,1-2H3. The number of allylic oxidation sites excluding steroid dienone is 1. The van der Waals surface area contributed by atoms with Crippen molar-refractivity contribution in [3.05, 3.63) is 35.2 Å². The molecule has 0 spiro atoms. The molecule has 0 fully saturated rings. The Morgan fingerprint density at radius 3 is 2.82 bits per heavy atom. The zero-order valence-corrected chi connectivity index (χ0v) is 12.4. The Kier molecular flexibility index (Phi) is 2.73. The number of hydrogen-bond acceptors (Lipinski definition) is 3. The molecule has 0 saturated heterocycles. The Hall–Kier alpha value is -2.75. The van der Waals surface area contributed by atoms with E-state index in [0.29, 0.717) is 17.9 Å². The number of H-pyrrole nitrogens is 1. The van der Waals surface area contributed by atoms with Gasteiger partial charge in [0, 0.05) is 29.1 Å². The van der Waals surface area contributed by atoms with Crippen LogP contribution in [0.1, 0.15) is 12.0 Å². The highest BCUT2D eigenvalue weighted by Crippen LogP contribution is 2.44. The van der Waals surface area contributed by atoms with Crippen molar-refractivity contribution < 1.29 is 14.3 Å². The third-order valence-electron chi connectivity index (χ3n) is 4.21. The largest absolute Gasteiger partial charge is 0.493 e. The van der Waals surface area contributed by atoms with Gasteiger partial charge in [-0.15, -0.1) is 0 Å². The first-order valence-electron chi connectivity index (χ1n) is 7.13. The lowest BCUT2D eigenvalue weighted by Crippen LogP contribution is -2.03. The van der Waals surface area contributed by atoms with Gasteiger partial charge in [-0.05, 0) is 34.9 Å². The Morgan fingerprint density at radius 2 is 2.05 bits per heavy atom. The molecule has 0 bridgehead atoms. The number of fused-ring (bicyclic) bond motifs is 3. The Balaban J connectivity index is 2.27. The molecule has 1 aromatic carbocycles. The van der Waals surface area contributed by atoms with Gasteiger partial charge in [-0.2, -0.15) is 0 Å². The number of pyridine rings is 1. The number of aromatic nitrogens is 1. The fourth-order valence-electron chi connectivity index (χ4n) is 3.27. The third kappa shape index (κ3) is 1.61. The van der Waals surface area contributed by atoms with Gasteiger partial charge in [0.1, 0.15) is 0 Å². The molecule has 4 nitrogen and oxygen atoms in total. The molecule has 0 atom stereocenters. The fourth-order valence-corrected chi connectivity index (χ4v) is 3.27. The number of nitrogens with one attached hydrogen (secondary N) is 1. The zero-order chi connectivity index (χ0) is 15.3. The van der Waals surface area contributed by atoms with Gasteiger partial charge in [0.15, 0.2) is 17.3 Å². The number of carbonyl (C=O) groups excluding carboxylic acids is 1. The quantitative estimate of drug-likeness (QED) is 0.790. The molecule has 2 aliphatic carbocycles. The number of benzene rings is 1. The second kappa shape index (κ2) is 4.63. The van der Waals surface area contributed by atoms with Crippen molar-refractivity contribution in [3.8, 4) is 22.8 Å². The molecule has 22 heavy (non-hydrogen) atoms. The van der Waals surface area contributed by atoms with Gasteiger partial charge in [-0.25, -0.2) is 0 Å². The maximum absolute atomic E-state index is 11.7. The van der Waals surface area contributed by atoms with E-state index in [1.54, 1.807) is 20.3 Å². The molecule has 0 radical (unpaired) electrons. The van der Waals surface area contributed by atoms with Gasteiger partial charge in [0.05, 0.1) is 19.9 Å². The Bertz CT molecular complexity index is 949. The van der Waals surface area contributed by atoms with Crippen molar-refractivity contribution in [2.75, 3.05) is 14.2 Å². The van der Waals surface area contributed by atoms with E-state index in [1.807, 2.05) is 30.5 Å². The van der Waals surface area contributed by atoms with E-state index in [4.69, 9.17) is 9.47 Å². The first kappa shape index (κ1) is 13.0. The Labute approximate surface area is 127 Å². The van der Waals surface area contributed by atoms with Crippen LogP contribution in [-0.2, 0) is 4.79 Å². The molecule has 0 unspecified atom stereocenters. The van der Waals surface area contributed by atoms with Crippen LogP contribution in [0.25, 0.3) is 34.2 Å². The van der Waals surface area contributed by atoms with Crippen LogP contribution >= 0.6 is 0 Å². The number of aromatic amines is 1. The van der Waals surface area contributed by atoms with Crippen molar-refractivity contribution in [2.24, 2.45) is 0 Å². The van der Waals surface area contributed by atoms with Gasteiger partial charge in [0.25, 0.3) is 0 Å². The van der Waals surface area contributed by atoms with Gasteiger partial charge >= 0.3 is 0 Å². The normalized spacial score (nSPS) is 14.0. The number of ether oxygens (including phenoxy) is 2. The fraction of sp³-hybridized carbons (Fsp3) is 0.167. The summed E-state index contributed by atoms with van der Waals surface area (Å²) in [5.74, 6) is 1.51. The van der Waals surface area contributed by atoms with Gasteiger partial charge in [-0.1, -0.05) is 6.08 Å². The smallest absolute Gasteiger partial charge is 0.169 e. The molecule has 3 aliphatic rings. The van der Waals surface area contributed by atoms with Crippen molar-refractivity contribution in [3.63, 3.8) is 0 Å². The number of rotatable bonds is 2. The maximum atomic E-state index is 11.7. The highest BCUT2D eigenvalue weighted by atomic mass is 16.5. The predicted octanol–water partition coefficient (Wildman–Crippen LogP) is 2.78. The summed E-state index contributed by atoms with van der Waals surface area (Å²) >= 11 is 0. The molecule has 1 heterocycles. The van der Waals surface area contributed by atoms with Crippen LogP contribution in [0.15, 0.2) is 24.4 Å².